The summed E-state index contributed by atoms with van der Waals surface area (Å²) in [4.78, 5) is 27.9. The van der Waals surface area contributed by atoms with E-state index in [2.05, 4.69) is 15.0 Å². The third-order valence-corrected chi connectivity index (χ3v) is 6.53. The number of rotatable bonds is 2. The summed E-state index contributed by atoms with van der Waals surface area (Å²) in [5, 5.41) is 0.406. The van der Waals surface area contributed by atoms with Crippen LogP contribution in [0.25, 0.3) is 22.2 Å². The van der Waals surface area contributed by atoms with E-state index in [-0.39, 0.29) is 38.7 Å². The number of nitrogens with zero attached hydrogens (tertiary/aromatic N) is 5. The first-order valence-electron chi connectivity index (χ1n) is 12.0. The average Bonchev–Trinajstić information content (AvgIpc) is 2.77. The predicted octanol–water partition coefficient (Wildman–Crippen LogP) is 6.49. The molecule has 2 aromatic heterocycles. The van der Waals surface area contributed by atoms with Crippen molar-refractivity contribution in [3.63, 3.8) is 0 Å². The van der Waals surface area contributed by atoms with Crippen LogP contribution in [0, 0.1) is 26.8 Å². The SMILES string of the molecule is Cc1cc(C)c(C(F)(F)F)c(-c2c(Cl)cc3c(N4CCN(C(=O)OC(C)(C)C)CC4)nc(F)nc3c2C)n1. The van der Waals surface area contributed by atoms with E-state index in [1.807, 2.05) is 0 Å². The topological polar surface area (TPSA) is 71.5 Å². The fourth-order valence-electron chi connectivity index (χ4n) is 4.68. The molecule has 0 spiro atoms. The first-order chi connectivity index (χ1) is 17.6. The molecule has 38 heavy (non-hydrogen) atoms. The second kappa shape index (κ2) is 9.83. The lowest BCUT2D eigenvalue weighted by Gasteiger charge is -2.36. The maximum Gasteiger partial charge on any atom is 0.418 e. The maximum absolute atomic E-state index is 14.7. The van der Waals surface area contributed by atoms with Gasteiger partial charge in [0.05, 0.1) is 21.8 Å². The van der Waals surface area contributed by atoms with E-state index in [4.69, 9.17) is 16.3 Å². The quantitative estimate of drug-likeness (QED) is 0.267. The highest BCUT2D eigenvalue weighted by Crippen LogP contribution is 2.44. The Labute approximate surface area is 222 Å². The molecule has 1 fully saturated rings. The van der Waals surface area contributed by atoms with Crippen molar-refractivity contribution in [1.82, 2.24) is 19.9 Å². The number of benzene rings is 1. The highest BCUT2D eigenvalue weighted by Gasteiger charge is 2.38. The molecule has 0 radical (unpaired) electrons. The minimum Gasteiger partial charge on any atom is -0.444 e. The zero-order valence-corrected chi connectivity index (χ0v) is 22.7. The minimum atomic E-state index is -4.68. The van der Waals surface area contributed by atoms with E-state index in [9.17, 15) is 22.4 Å². The molecule has 0 aliphatic carbocycles. The van der Waals surface area contributed by atoms with Gasteiger partial charge >= 0.3 is 18.3 Å². The summed E-state index contributed by atoms with van der Waals surface area (Å²) < 4.78 is 62.2. The van der Waals surface area contributed by atoms with Crippen LogP contribution in [0.4, 0.5) is 28.2 Å². The third kappa shape index (κ3) is 5.48. The van der Waals surface area contributed by atoms with Gasteiger partial charge in [-0.25, -0.2) is 9.78 Å². The number of pyridine rings is 1. The monoisotopic (exact) mass is 553 g/mol. The number of amides is 1. The molecule has 1 aliphatic heterocycles. The van der Waals surface area contributed by atoms with Crippen molar-refractivity contribution in [3.05, 3.63) is 45.6 Å². The summed E-state index contributed by atoms with van der Waals surface area (Å²) in [6.45, 7) is 11.1. The summed E-state index contributed by atoms with van der Waals surface area (Å²) in [5.74, 6) is 0.248. The van der Waals surface area contributed by atoms with E-state index < -0.39 is 29.5 Å². The lowest BCUT2D eigenvalue weighted by atomic mass is 9.95. The predicted molar refractivity (Wildman–Crippen MR) is 137 cm³/mol. The van der Waals surface area contributed by atoms with Gasteiger partial charge in [-0.1, -0.05) is 11.6 Å². The molecule has 0 saturated carbocycles. The highest BCUT2D eigenvalue weighted by molar-refractivity contribution is 6.34. The van der Waals surface area contributed by atoms with Crippen LogP contribution >= 0.6 is 11.6 Å². The summed E-state index contributed by atoms with van der Waals surface area (Å²) in [6.07, 6.45) is -6.15. The average molecular weight is 554 g/mol. The molecular formula is C26H28ClF4N5O2. The summed E-state index contributed by atoms with van der Waals surface area (Å²) in [6, 6.07) is 2.81. The number of aryl methyl sites for hydroxylation is 3. The van der Waals surface area contributed by atoms with E-state index in [1.165, 1.54) is 19.1 Å². The van der Waals surface area contributed by atoms with Crippen LogP contribution in [-0.4, -0.2) is 57.7 Å². The second-order valence-corrected chi connectivity index (χ2v) is 10.7. The number of anilines is 1. The molecule has 12 heteroatoms. The molecule has 0 atom stereocenters. The first-order valence-corrected chi connectivity index (χ1v) is 12.4. The van der Waals surface area contributed by atoms with Crippen molar-refractivity contribution in [2.45, 2.75) is 53.3 Å². The van der Waals surface area contributed by atoms with Gasteiger partial charge in [0.25, 0.3) is 0 Å². The van der Waals surface area contributed by atoms with Crippen LogP contribution in [0.3, 0.4) is 0 Å². The third-order valence-electron chi connectivity index (χ3n) is 6.23. The van der Waals surface area contributed by atoms with Crippen molar-refractivity contribution in [2.75, 3.05) is 31.1 Å². The summed E-state index contributed by atoms with van der Waals surface area (Å²) in [5.41, 5.74) is -1.04. The molecule has 1 aromatic carbocycles. The van der Waals surface area contributed by atoms with E-state index in [0.717, 1.165) is 0 Å². The Hall–Kier alpha value is -3.21. The van der Waals surface area contributed by atoms with Gasteiger partial charge in [0, 0.05) is 42.8 Å². The zero-order chi connectivity index (χ0) is 28.2. The molecule has 7 nitrogen and oxygen atoms in total. The van der Waals surface area contributed by atoms with Gasteiger partial charge in [0.15, 0.2) is 0 Å². The van der Waals surface area contributed by atoms with Crippen molar-refractivity contribution >= 4 is 34.4 Å². The number of carbonyl (C=O) groups excluding carboxylic acids is 1. The lowest BCUT2D eigenvalue weighted by Crippen LogP contribution is -2.50. The second-order valence-electron chi connectivity index (χ2n) is 10.3. The van der Waals surface area contributed by atoms with Gasteiger partial charge in [-0.05, 0) is 64.8 Å². The molecular weight excluding hydrogens is 526 g/mol. The van der Waals surface area contributed by atoms with Gasteiger partial charge in [-0.2, -0.15) is 22.5 Å². The molecule has 1 aliphatic rings. The molecule has 0 unspecified atom stereocenters. The molecule has 204 valence electrons. The fourth-order valence-corrected chi connectivity index (χ4v) is 5.02. The molecule has 3 aromatic rings. The van der Waals surface area contributed by atoms with Crippen molar-refractivity contribution < 1.29 is 27.1 Å². The first kappa shape index (κ1) is 27.8. The number of hydrogen-bond acceptors (Lipinski definition) is 6. The number of aromatic nitrogens is 3. The van der Waals surface area contributed by atoms with Crippen molar-refractivity contribution in [2.24, 2.45) is 0 Å². The Morgan fingerprint density at radius 2 is 1.63 bits per heavy atom. The Morgan fingerprint density at radius 1 is 1.00 bits per heavy atom. The Morgan fingerprint density at radius 3 is 2.21 bits per heavy atom. The summed E-state index contributed by atoms with van der Waals surface area (Å²) in [7, 11) is 0. The van der Waals surface area contributed by atoms with Crippen molar-refractivity contribution in [3.8, 4) is 11.3 Å². The number of fused-ring (bicyclic) bond motifs is 1. The van der Waals surface area contributed by atoms with Gasteiger partial charge in [-0.15, -0.1) is 0 Å². The molecule has 4 rings (SSSR count). The number of ether oxygens (including phenoxy) is 1. The van der Waals surface area contributed by atoms with Crippen LogP contribution in [0.1, 0.15) is 43.2 Å². The molecule has 1 saturated heterocycles. The minimum absolute atomic E-state index is 0.00739. The molecule has 0 N–H and O–H groups in total. The normalized spacial score (nSPS) is 14.8. The van der Waals surface area contributed by atoms with E-state index >= 15 is 0 Å². The van der Waals surface area contributed by atoms with Gasteiger partial charge in [0.2, 0.25) is 0 Å². The van der Waals surface area contributed by atoms with Gasteiger partial charge < -0.3 is 14.5 Å². The number of carbonyl (C=O) groups is 1. The standard InChI is InChI=1S/C26H28ClF4N5O2/c1-13-11-14(2)32-21(19(13)26(29,30)31)18-15(3)20-16(12-17(18)27)22(34-23(28)33-20)35-7-9-36(10-8-35)24(37)38-25(4,5)6/h11-12H,7-10H2,1-6H3. The van der Waals surface area contributed by atoms with Crippen LogP contribution in [-0.2, 0) is 10.9 Å². The van der Waals surface area contributed by atoms with Crippen LogP contribution in [0.2, 0.25) is 5.02 Å². The van der Waals surface area contributed by atoms with Crippen LogP contribution < -0.4 is 4.90 Å². The molecule has 1 amide bonds. The zero-order valence-electron chi connectivity index (χ0n) is 21.9. The Balaban J connectivity index is 1.78. The number of alkyl halides is 3. The Kier molecular flexibility index (Phi) is 7.20. The van der Waals surface area contributed by atoms with E-state index in [1.54, 1.807) is 44.4 Å². The number of piperazine rings is 1. The number of hydrogen-bond donors (Lipinski definition) is 0. The lowest BCUT2D eigenvalue weighted by molar-refractivity contribution is -0.137. The smallest absolute Gasteiger partial charge is 0.418 e. The van der Waals surface area contributed by atoms with Crippen LogP contribution in [0.5, 0.6) is 0 Å². The Bertz CT molecular complexity index is 1410. The number of halogens is 5. The highest BCUT2D eigenvalue weighted by atomic mass is 35.5. The largest absolute Gasteiger partial charge is 0.444 e. The van der Waals surface area contributed by atoms with E-state index in [0.29, 0.717) is 37.3 Å². The van der Waals surface area contributed by atoms with Gasteiger partial charge in [-0.3, -0.25) is 4.98 Å². The molecule has 0 bridgehead atoms. The fraction of sp³-hybridized carbons (Fsp3) is 0.462. The van der Waals surface area contributed by atoms with Crippen LogP contribution in [0.15, 0.2) is 12.1 Å². The summed E-state index contributed by atoms with van der Waals surface area (Å²) >= 11 is 6.60. The van der Waals surface area contributed by atoms with Crippen molar-refractivity contribution in [1.29, 1.82) is 0 Å². The molecule has 3 heterocycles. The van der Waals surface area contributed by atoms with Gasteiger partial charge in [0.1, 0.15) is 11.4 Å². The maximum atomic E-state index is 14.7.